The zero-order valence-electron chi connectivity index (χ0n) is 15.1. The summed E-state index contributed by atoms with van der Waals surface area (Å²) in [7, 11) is 0. The quantitative estimate of drug-likeness (QED) is 0.536. The molecule has 0 saturated carbocycles. The summed E-state index contributed by atoms with van der Waals surface area (Å²) in [5.74, 6) is 0.982. The fourth-order valence-electron chi connectivity index (χ4n) is 2.58. The summed E-state index contributed by atoms with van der Waals surface area (Å²) in [4.78, 5) is 0. The maximum atomic E-state index is 5.86. The average molecular weight is 310 g/mol. The number of hydrogen-bond acceptors (Lipinski definition) is 1. The fourth-order valence-corrected chi connectivity index (χ4v) is 2.58. The third-order valence-corrected chi connectivity index (χ3v) is 4.77. The van der Waals surface area contributed by atoms with Crippen LogP contribution in [0.25, 0.3) is 0 Å². The van der Waals surface area contributed by atoms with Crippen LogP contribution >= 0.6 is 0 Å². The lowest BCUT2D eigenvalue weighted by molar-refractivity contribution is 0.306. The Balaban J connectivity index is 1.71. The van der Waals surface area contributed by atoms with Crippen molar-refractivity contribution in [1.29, 1.82) is 0 Å². The largest absolute Gasteiger partial charge is 0.494 e. The van der Waals surface area contributed by atoms with Crippen molar-refractivity contribution in [2.24, 2.45) is 0 Å². The van der Waals surface area contributed by atoms with Crippen LogP contribution in [-0.4, -0.2) is 6.61 Å². The van der Waals surface area contributed by atoms with E-state index in [0.29, 0.717) is 0 Å². The molecule has 0 radical (unpaired) electrons. The number of unbranched alkanes of at least 4 members (excludes halogenated alkanes) is 1. The fraction of sp³-hybridized carbons (Fsp3) is 0.455. The van der Waals surface area contributed by atoms with Gasteiger partial charge in [0.25, 0.3) is 0 Å². The minimum Gasteiger partial charge on any atom is -0.494 e. The van der Waals surface area contributed by atoms with Crippen LogP contribution < -0.4 is 4.74 Å². The first-order valence-electron chi connectivity index (χ1n) is 8.80. The van der Waals surface area contributed by atoms with Gasteiger partial charge in [0.15, 0.2) is 0 Å². The van der Waals surface area contributed by atoms with E-state index >= 15 is 0 Å². The second-order valence-electron chi connectivity index (χ2n) is 7.05. The Labute approximate surface area is 141 Å². The molecule has 0 amide bonds. The number of benzene rings is 2. The van der Waals surface area contributed by atoms with Gasteiger partial charge in [-0.1, -0.05) is 62.7 Å². The Hall–Kier alpha value is -1.76. The minimum absolute atomic E-state index is 0.243. The van der Waals surface area contributed by atoms with Crippen LogP contribution in [0.3, 0.4) is 0 Å². The van der Waals surface area contributed by atoms with Gasteiger partial charge in [0, 0.05) is 0 Å². The topological polar surface area (TPSA) is 9.23 Å². The van der Waals surface area contributed by atoms with Gasteiger partial charge in [0.2, 0.25) is 0 Å². The van der Waals surface area contributed by atoms with Crippen molar-refractivity contribution in [3.8, 4) is 5.75 Å². The second kappa shape index (κ2) is 8.19. The molecule has 0 aliphatic carbocycles. The van der Waals surface area contributed by atoms with Gasteiger partial charge in [-0.2, -0.15) is 0 Å². The molecule has 0 fully saturated rings. The molecule has 1 heteroatoms. The molecule has 0 atom stereocenters. The van der Waals surface area contributed by atoms with E-state index < -0.39 is 0 Å². The number of rotatable bonds is 8. The predicted molar refractivity (Wildman–Crippen MR) is 99.4 cm³/mol. The molecule has 0 bridgehead atoms. The van der Waals surface area contributed by atoms with E-state index in [-0.39, 0.29) is 5.41 Å². The van der Waals surface area contributed by atoms with Crippen LogP contribution in [0.15, 0.2) is 48.5 Å². The van der Waals surface area contributed by atoms with E-state index in [1.807, 2.05) is 0 Å². The molecule has 1 nitrogen and oxygen atoms in total. The summed E-state index contributed by atoms with van der Waals surface area (Å²) < 4.78 is 5.86. The first kappa shape index (κ1) is 17.6. The van der Waals surface area contributed by atoms with Gasteiger partial charge in [-0.15, -0.1) is 0 Å². The smallest absolute Gasteiger partial charge is 0.119 e. The molecule has 23 heavy (non-hydrogen) atoms. The Morgan fingerprint density at radius 2 is 1.52 bits per heavy atom. The SMILES string of the molecule is CCC(C)(C)c1ccc(OCCCCc2ccc(C)cc2)cc1. The lowest BCUT2D eigenvalue weighted by atomic mass is 9.82. The van der Waals surface area contributed by atoms with E-state index in [0.717, 1.165) is 31.6 Å². The molecule has 0 aliphatic rings. The Morgan fingerprint density at radius 1 is 0.870 bits per heavy atom. The number of hydrogen-bond donors (Lipinski definition) is 0. The third-order valence-electron chi connectivity index (χ3n) is 4.77. The zero-order chi connectivity index (χ0) is 16.7. The van der Waals surface area contributed by atoms with E-state index in [4.69, 9.17) is 4.74 Å². The van der Waals surface area contributed by atoms with Crippen molar-refractivity contribution in [3.05, 3.63) is 65.2 Å². The third kappa shape index (κ3) is 5.42. The van der Waals surface area contributed by atoms with Gasteiger partial charge >= 0.3 is 0 Å². The van der Waals surface area contributed by atoms with E-state index in [1.54, 1.807) is 0 Å². The summed E-state index contributed by atoms with van der Waals surface area (Å²) in [6.07, 6.45) is 4.54. The van der Waals surface area contributed by atoms with Crippen LogP contribution in [0.4, 0.5) is 0 Å². The summed E-state index contributed by atoms with van der Waals surface area (Å²) in [5, 5.41) is 0. The summed E-state index contributed by atoms with van der Waals surface area (Å²) in [5.41, 5.74) is 4.37. The highest BCUT2D eigenvalue weighted by Crippen LogP contribution is 2.28. The van der Waals surface area contributed by atoms with Gasteiger partial charge in [0.1, 0.15) is 5.75 Å². The minimum atomic E-state index is 0.243. The van der Waals surface area contributed by atoms with Gasteiger partial charge in [0.05, 0.1) is 6.61 Å². The van der Waals surface area contributed by atoms with Crippen molar-refractivity contribution in [2.45, 2.75) is 58.8 Å². The predicted octanol–water partition coefficient (Wildman–Crippen LogP) is 6.08. The highest BCUT2D eigenvalue weighted by Gasteiger charge is 2.17. The molecule has 0 spiro atoms. The first-order valence-corrected chi connectivity index (χ1v) is 8.80. The molecule has 2 rings (SSSR count). The molecule has 0 saturated heterocycles. The monoisotopic (exact) mass is 310 g/mol. The molecule has 0 unspecified atom stereocenters. The highest BCUT2D eigenvalue weighted by atomic mass is 16.5. The maximum Gasteiger partial charge on any atom is 0.119 e. The molecule has 0 aromatic heterocycles. The Bertz CT molecular complexity index is 578. The van der Waals surface area contributed by atoms with Gasteiger partial charge in [-0.3, -0.25) is 0 Å². The lowest BCUT2D eigenvalue weighted by Crippen LogP contribution is -2.15. The van der Waals surface area contributed by atoms with Crippen molar-refractivity contribution >= 4 is 0 Å². The average Bonchev–Trinajstić information content (AvgIpc) is 2.57. The molecule has 2 aromatic rings. The normalized spacial score (nSPS) is 11.5. The first-order chi connectivity index (χ1) is 11.0. The van der Waals surface area contributed by atoms with Crippen molar-refractivity contribution in [2.75, 3.05) is 6.61 Å². The molecule has 0 aliphatic heterocycles. The number of aryl methyl sites for hydroxylation is 2. The van der Waals surface area contributed by atoms with Gasteiger partial charge in [-0.05, 0) is 61.3 Å². The van der Waals surface area contributed by atoms with Crippen molar-refractivity contribution < 1.29 is 4.74 Å². The molecular weight excluding hydrogens is 280 g/mol. The molecule has 0 N–H and O–H groups in total. The molecular formula is C22H30O. The van der Waals surface area contributed by atoms with E-state index in [2.05, 4.69) is 76.2 Å². The summed E-state index contributed by atoms with van der Waals surface area (Å²) in [6.45, 7) is 9.73. The summed E-state index contributed by atoms with van der Waals surface area (Å²) >= 11 is 0. The Morgan fingerprint density at radius 3 is 2.13 bits per heavy atom. The van der Waals surface area contributed by atoms with Gasteiger partial charge < -0.3 is 4.74 Å². The van der Waals surface area contributed by atoms with Crippen molar-refractivity contribution in [1.82, 2.24) is 0 Å². The molecule has 124 valence electrons. The van der Waals surface area contributed by atoms with Crippen LogP contribution in [0.5, 0.6) is 5.75 Å². The van der Waals surface area contributed by atoms with Crippen LogP contribution in [0, 0.1) is 6.92 Å². The van der Waals surface area contributed by atoms with Crippen molar-refractivity contribution in [3.63, 3.8) is 0 Å². The second-order valence-corrected chi connectivity index (χ2v) is 7.05. The zero-order valence-corrected chi connectivity index (χ0v) is 15.1. The summed E-state index contributed by atoms with van der Waals surface area (Å²) in [6, 6.07) is 17.4. The maximum absolute atomic E-state index is 5.86. The van der Waals surface area contributed by atoms with Crippen LogP contribution in [0.1, 0.15) is 56.7 Å². The highest BCUT2D eigenvalue weighted by molar-refractivity contribution is 5.31. The van der Waals surface area contributed by atoms with Gasteiger partial charge in [-0.25, -0.2) is 0 Å². The number of ether oxygens (including phenoxy) is 1. The van der Waals surface area contributed by atoms with Crippen LogP contribution in [-0.2, 0) is 11.8 Å². The standard InChI is InChI=1S/C22H30O/c1-5-22(3,4)20-13-15-21(16-14-20)23-17-7-6-8-19-11-9-18(2)10-12-19/h9-16H,5-8,17H2,1-4H3. The van der Waals surface area contributed by atoms with E-state index in [9.17, 15) is 0 Å². The molecule has 2 aromatic carbocycles. The van der Waals surface area contributed by atoms with E-state index in [1.165, 1.54) is 23.1 Å². The Kier molecular flexibility index (Phi) is 6.27. The van der Waals surface area contributed by atoms with Crippen LogP contribution in [0.2, 0.25) is 0 Å². The lowest BCUT2D eigenvalue weighted by Gasteiger charge is -2.23. The molecule has 0 heterocycles.